The van der Waals surface area contributed by atoms with Crippen LogP contribution in [0.5, 0.6) is 17.2 Å². The van der Waals surface area contributed by atoms with Gasteiger partial charge in [-0.15, -0.1) is 0 Å². The molecule has 0 unspecified atom stereocenters. The van der Waals surface area contributed by atoms with Crippen LogP contribution in [0.1, 0.15) is 11.1 Å². The summed E-state index contributed by atoms with van der Waals surface area (Å²) in [5.41, 5.74) is 2.19. The molecule has 0 saturated heterocycles. The van der Waals surface area contributed by atoms with Crippen molar-refractivity contribution in [3.8, 4) is 23.3 Å². The second-order valence-electron chi connectivity index (χ2n) is 4.54. The van der Waals surface area contributed by atoms with E-state index < -0.39 is 0 Å². The van der Waals surface area contributed by atoms with Crippen LogP contribution in [0.2, 0.25) is 0 Å². The lowest BCUT2D eigenvalue weighted by Gasteiger charge is -2.08. The SMILES string of the molecule is COc1ccc(C=C(C#N)c2cc(OC)cc(OC)c2)cc1. The van der Waals surface area contributed by atoms with E-state index in [2.05, 4.69) is 6.07 Å². The molecule has 0 fully saturated rings. The molecule has 4 nitrogen and oxygen atoms in total. The average molecular weight is 295 g/mol. The van der Waals surface area contributed by atoms with Gasteiger partial charge in [0.15, 0.2) is 0 Å². The molecule has 0 amide bonds. The molecule has 22 heavy (non-hydrogen) atoms. The van der Waals surface area contributed by atoms with Gasteiger partial charge in [-0.25, -0.2) is 0 Å². The smallest absolute Gasteiger partial charge is 0.123 e. The summed E-state index contributed by atoms with van der Waals surface area (Å²) in [6, 6.07) is 15.1. The van der Waals surface area contributed by atoms with E-state index in [4.69, 9.17) is 14.2 Å². The van der Waals surface area contributed by atoms with Crippen LogP contribution in [-0.2, 0) is 0 Å². The molecule has 112 valence electrons. The van der Waals surface area contributed by atoms with Crippen molar-refractivity contribution >= 4 is 11.6 Å². The Morgan fingerprint density at radius 2 is 1.41 bits per heavy atom. The van der Waals surface area contributed by atoms with Gasteiger partial charge in [0.05, 0.1) is 33.0 Å². The van der Waals surface area contributed by atoms with Crippen LogP contribution in [0.3, 0.4) is 0 Å². The lowest BCUT2D eigenvalue weighted by Crippen LogP contribution is -1.91. The molecule has 0 aromatic heterocycles. The zero-order valence-electron chi connectivity index (χ0n) is 12.8. The fourth-order valence-corrected chi connectivity index (χ4v) is 2.01. The largest absolute Gasteiger partial charge is 0.497 e. The first kappa shape index (κ1) is 15.5. The third-order valence-electron chi connectivity index (χ3n) is 3.21. The highest BCUT2D eigenvalue weighted by Crippen LogP contribution is 2.28. The summed E-state index contributed by atoms with van der Waals surface area (Å²) in [6.45, 7) is 0. The van der Waals surface area contributed by atoms with Gasteiger partial charge in [0, 0.05) is 6.07 Å². The first-order valence-electron chi connectivity index (χ1n) is 6.69. The number of nitrogens with zero attached hydrogens (tertiary/aromatic N) is 1. The normalized spacial score (nSPS) is 10.7. The fourth-order valence-electron chi connectivity index (χ4n) is 2.01. The topological polar surface area (TPSA) is 51.5 Å². The van der Waals surface area contributed by atoms with Crippen LogP contribution in [0.25, 0.3) is 11.6 Å². The number of hydrogen-bond acceptors (Lipinski definition) is 4. The second kappa shape index (κ2) is 7.19. The quantitative estimate of drug-likeness (QED) is 0.622. The third-order valence-corrected chi connectivity index (χ3v) is 3.21. The summed E-state index contributed by atoms with van der Waals surface area (Å²) in [5.74, 6) is 2.06. The monoisotopic (exact) mass is 295 g/mol. The molecular formula is C18H17NO3. The molecule has 2 rings (SSSR count). The first-order valence-corrected chi connectivity index (χ1v) is 6.69. The molecule has 0 N–H and O–H groups in total. The lowest BCUT2D eigenvalue weighted by atomic mass is 10.0. The van der Waals surface area contributed by atoms with Crippen LogP contribution in [-0.4, -0.2) is 21.3 Å². The van der Waals surface area contributed by atoms with E-state index in [0.717, 1.165) is 16.9 Å². The highest BCUT2D eigenvalue weighted by molar-refractivity contribution is 5.90. The maximum atomic E-state index is 9.44. The van der Waals surface area contributed by atoms with Crippen molar-refractivity contribution in [2.45, 2.75) is 0 Å². The summed E-state index contributed by atoms with van der Waals surface area (Å²) in [7, 11) is 4.78. The van der Waals surface area contributed by atoms with E-state index in [-0.39, 0.29) is 0 Å². The van der Waals surface area contributed by atoms with E-state index in [1.165, 1.54) is 0 Å². The van der Waals surface area contributed by atoms with Crippen LogP contribution < -0.4 is 14.2 Å². The number of nitriles is 1. The number of hydrogen-bond donors (Lipinski definition) is 0. The van der Waals surface area contributed by atoms with Gasteiger partial charge >= 0.3 is 0 Å². The molecule has 0 heterocycles. The minimum atomic E-state index is 0.530. The zero-order valence-corrected chi connectivity index (χ0v) is 12.8. The summed E-state index contributed by atoms with van der Waals surface area (Å²) in [5, 5.41) is 9.44. The summed E-state index contributed by atoms with van der Waals surface area (Å²) < 4.78 is 15.6. The van der Waals surface area contributed by atoms with E-state index >= 15 is 0 Å². The van der Waals surface area contributed by atoms with E-state index in [1.807, 2.05) is 30.3 Å². The number of benzene rings is 2. The molecule has 0 aliphatic heterocycles. The maximum Gasteiger partial charge on any atom is 0.123 e. The first-order chi connectivity index (χ1) is 10.7. The Balaban J connectivity index is 2.42. The third kappa shape index (κ3) is 3.58. The molecular weight excluding hydrogens is 278 g/mol. The van der Waals surface area contributed by atoms with Gasteiger partial charge in [-0.3, -0.25) is 0 Å². The molecule has 2 aromatic carbocycles. The van der Waals surface area contributed by atoms with E-state index in [1.54, 1.807) is 39.5 Å². The van der Waals surface area contributed by atoms with Gasteiger partial charge in [0.25, 0.3) is 0 Å². The summed E-state index contributed by atoms with van der Waals surface area (Å²) in [6.07, 6.45) is 1.81. The van der Waals surface area contributed by atoms with Crippen molar-refractivity contribution in [2.24, 2.45) is 0 Å². The Morgan fingerprint density at radius 1 is 0.864 bits per heavy atom. The molecule has 0 aliphatic rings. The van der Waals surface area contributed by atoms with Crippen molar-refractivity contribution in [2.75, 3.05) is 21.3 Å². The van der Waals surface area contributed by atoms with Crippen LogP contribution >= 0.6 is 0 Å². The van der Waals surface area contributed by atoms with Gasteiger partial charge in [-0.2, -0.15) is 5.26 Å². The molecule has 0 radical (unpaired) electrons. The summed E-state index contributed by atoms with van der Waals surface area (Å²) in [4.78, 5) is 0. The van der Waals surface area contributed by atoms with E-state index in [9.17, 15) is 5.26 Å². The van der Waals surface area contributed by atoms with Crippen LogP contribution in [0.15, 0.2) is 42.5 Å². The molecule has 4 heteroatoms. The predicted molar refractivity (Wildman–Crippen MR) is 86.0 cm³/mol. The Hall–Kier alpha value is -2.93. The highest BCUT2D eigenvalue weighted by atomic mass is 16.5. The molecule has 0 saturated carbocycles. The Kier molecular flexibility index (Phi) is 5.05. The fraction of sp³-hybridized carbons (Fsp3) is 0.167. The zero-order chi connectivity index (χ0) is 15.9. The van der Waals surface area contributed by atoms with Crippen LogP contribution in [0, 0.1) is 11.3 Å². The lowest BCUT2D eigenvalue weighted by molar-refractivity contribution is 0.394. The second-order valence-corrected chi connectivity index (χ2v) is 4.54. The Morgan fingerprint density at radius 3 is 1.86 bits per heavy atom. The number of allylic oxidation sites excluding steroid dienone is 1. The van der Waals surface area contributed by atoms with E-state index in [0.29, 0.717) is 17.1 Å². The van der Waals surface area contributed by atoms with Gasteiger partial charge in [0.1, 0.15) is 17.2 Å². The van der Waals surface area contributed by atoms with Gasteiger partial charge in [0.2, 0.25) is 0 Å². The summed E-state index contributed by atoms with van der Waals surface area (Å²) >= 11 is 0. The van der Waals surface area contributed by atoms with Crippen molar-refractivity contribution in [3.63, 3.8) is 0 Å². The van der Waals surface area contributed by atoms with Gasteiger partial charge in [-0.1, -0.05) is 12.1 Å². The van der Waals surface area contributed by atoms with Crippen molar-refractivity contribution in [3.05, 3.63) is 53.6 Å². The minimum Gasteiger partial charge on any atom is -0.497 e. The molecule has 0 spiro atoms. The average Bonchev–Trinajstić information content (AvgIpc) is 2.59. The standard InChI is InChI=1S/C18H17NO3/c1-20-16-6-4-13(5-7-16)8-15(12-19)14-9-17(21-2)11-18(10-14)22-3/h4-11H,1-3H3. The Bertz CT molecular complexity index is 690. The number of rotatable bonds is 5. The number of methoxy groups -OCH3 is 3. The van der Waals surface area contributed by atoms with Gasteiger partial charge < -0.3 is 14.2 Å². The van der Waals surface area contributed by atoms with Crippen molar-refractivity contribution in [1.29, 1.82) is 5.26 Å². The molecule has 2 aromatic rings. The minimum absolute atomic E-state index is 0.530. The highest BCUT2D eigenvalue weighted by Gasteiger charge is 2.07. The van der Waals surface area contributed by atoms with Crippen molar-refractivity contribution in [1.82, 2.24) is 0 Å². The molecule has 0 atom stereocenters. The number of ether oxygens (including phenoxy) is 3. The van der Waals surface area contributed by atoms with Gasteiger partial charge in [-0.05, 0) is 41.5 Å². The van der Waals surface area contributed by atoms with Crippen LogP contribution in [0.4, 0.5) is 0 Å². The molecule has 0 aliphatic carbocycles. The maximum absolute atomic E-state index is 9.44. The predicted octanol–water partition coefficient (Wildman–Crippen LogP) is 3.78. The van der Waals surface area contributed by atoms with Crippen molar-refractivity contribution < 1.29 is 14.2 Å². The Labute approximate surface area is 130 Å². The molecule has 0 bridgehead atoms.